The first-order valence-electron chi connectivity index (χ1n) is 8.04. The Labute approximate surface area is 154 Å². The number of esters is 1. The Kier molecular flexibility index (Phi) is 5.58. The van der Waals surface area contributed by atoms with E-state index in [1.165, 1.54) is 18.4 Å². The molecule has 2 heterocycles. The predicted octanol–water partition coefficient (Wildman–Crippen LogP) is 3.47. The van der Waals surface area contributed by atoms with Gasteiger partial charge in [0.1, 0.15) is 11.3 Å². The van der Waals surface area contributed by atoms with Crippen molar-refractivity contribution in [1.29, 1.82) is 0 Å². The Morgan fingerprint density at radius 2 is 2.12 bits per heavy atom. The molecule has 1 aromatic carbocycles. The fourth-order valence-electron chi connectivity index (χ4n) is 2.71. The highest BCUT2D eigenvalue weighted by Gasteiger charge is 2.21. The van der Waals surface area contributed by atoms with Crippen LogP contribution in [0.1, 0.15) is 22.9 Å². The summed E-state index contributed by atoms with van der Waals surface area (Å²) in [5, 5.41) is 5.68. The van der Waals surface area contributed by atoms with Crippen LogP contribution in [0.4, 0.5) is 0 Å². The zero-order chi connectivity index (χ0) is 18.5. The number of amides is 1. The van der Waals surface area contributed by atoms with Crippen LogP contribution in [-0.4, -0.2) is 26.1 Å². The van der Waals surface area contributed by atoms with E-state index in [2.05, 4.69) is 5.32 Å². The smallest absolute Gasteiger partial charge is 0.307 e. The van der Waals surface area contributed by atoms with Gasteiger partial charge in [0.15, 0.2) is 0 Å². The average Bonchev–Trinajstić information content (AvgIpc) is 3.31. The minimum Gasteiger partial charge on any atom is -0.497 e. The summed E-state index contributed by atoms with van der Waals surface area (Å²) in [7, 11) is 2.92. The van der Waals surface area contributed by atoms with Crippen molar-refractivity contribution in [1.82, 2.24) is 5.32 Å². The maximum Gasteiger partial charge on any atom is 0.307 e. The third kappa shape index (κ3) is 4.05. The van der Waals surface area contributed by atoms with Crippen LogP contribution >= 0.6 is 11.3 Å². The van der Waals surface area contributed by atoms with Crippen LogP contribution in [-0.2, 0) is 20.7 Å². The van der Waals surface area contributed by atoms with Crippen LogP contribution in [0.2, 0.25) is 0 Å². The molecule has 1 unspecified atom stereocenters. The molecule has 0 aliphatic rings. The number of carbonyl (C=O) groups is 2. The highest BCUT2D eigenvalue weighted by atomic mass is 32.1. The lowest BCUT2D eigenvalue weighted by atomic mass is 10.1. The van der Waals surface area contributed by atoms with Crippen molar-refractivity contribution >= 4 is 34.2 Å². The first-order chi connectivity index (χ1) is 12.6. The molecule has 0 saturated carbocycles. The van der Waals surface area contributed by atoms with Crippen molar-refractivity contribution in [3.63, 3.8) is 0 Å². The Hall–Kier alpha value is -2.80. The molecule has 1 amide bonds. The van der Waals surface area contributed by atoms with Gasteiger partial charge >= 0.3 is 5.97 Å². The highest BCUT2D eigenvalue weighted by Crippen LogP contribution is 2.27. The van der Waals surface area contributed by atoms with E-state index in [1.807, 2.05) is 29.6 Å². The Bertz CT molecular complexity index is 900. The quantitative estimate of drug-likeness (QED) is 0.642. The Balaban J connectivity index is 1.73. The monoisotopic (exact) mass is 373 g/mol. The molecule has 3 aromatic rings. The van der Waals surface area contributed by atoms with E-state index in [-0.39, 0.29) is 24.7 Å². The number of hydrogen-bond donors (Lipinski definition) is 1. The van der Waals surface area contributed by atoms with Gasteiger partial charge in [-0.25, -0.2) is 0 Å². The largest absolute Gasteiger partial charge is 0.497 e. The van der Waals surface area contributed by atoms with Gasteiger partial charge in [0.25, 0.3) is 0 Å². The lowest BCUT2D eigenvalue weighted by molar-refractivity contribution is -0.141. The fraction of sp³-hybridized carbons (Fsp3) is 0.263. The maximum absolute atomic E-state index is 12.5. The second-order valence-corrected chi connectivity index (χ2v) is 6.69. The van der Waals surface area contributed by atoms with Gasteiger partial charge in [-0.15, -0.1) is 11.3 Å². The van der Waals surface area contributed by atoms with Crippen LogP contribution in [0.25, 0.3) is 11.0 Å². The molecule has 1 atom stereocenters. The second kappa shape index (κ2) is 8.05. The number of hydrogen-bond acceptors (Lipinski definition) is 6. The summed E-state index contributed by atoms with van der Waals surface area (Å²) < 4.78 is 15.4. The SMILES string of the molecule is COC(=O)CC(NC(=O)Cc1coc2cc(OC)ccc12)c1cccs1. The van der Waals surface area contributed by atoms with Gasteiger partial charge in [-0.05, 0) is 23.6 Å². The van der Waals surface area contributed by atoms with Gasteiger partial charge in [-0.1, -0.05) is 6.07 Å². The van der Waals surface area contributed by atoms with Gasteiger partial charge in [-0.3, -0.25) is 9.59 Å². The van der Waals surface area contributed by atoms with Crippen molar-refractivity contribution in [2.24, 2.45) is 0 Å². The topological polar surface area (TPSA) is 77.8 Å². The van der Waals surface area contributed by atoms with Crippen LogP contribution in [0.15, 0.2) is 46.4 Å². The van der Waals surface area contributed by atoms with E-state index >= 15 is 0 Å². The molecule has 3 rings (SSSR count). The molecule has 136 valence electrons. The highest BCUT2D eigenvalue weighted by molar-refractivity contribution is 7.10. The summed E-state index contributed by atoms with van der Waals surface area (Å²) in [5.41, 5.74) is 1.44. The van der Waals surface area contributed by atoms with Crippen molar-refractivity contribution in [3.8, 4) is 5.75 Å². The van der Waals surface area contributed by atoms with Gasteiger partial charge in [0.2, 0.25) is 5.91 Å². The molecule has 0 aliphatic carbocycles. The van der Waals surface area contributed by atoms with Crippen molar-refractivity contribution in [3.05, 3.63) is 52.4 Å². The van der Waals surface area contributed by atoms with Crippen LogP contribution in [0.5, 0.6) is 5.75 Å². The molecule has 0 fully saturated rings. The number of benzene rings is 1. The molecule has 2 aromatic heterocycles. The van der Waals surface area contributed by atoms with E-state index in [9.17, 15) is 9.59 Å². The zero-order valence-corrected chi connectivity index (χ0v) is 15.3. The lowest BCUT2D eigenvalue weighted by Gasteiger charge is -2.16. The van der Waals surface area contributed by atoms with E-state index < -0.39 is 6.04 Å². The van der Waals surface area contributed by atoms with Gasteiger partial charge in [0, 0.05) is 21.9 Å². The minimum atomic E-state index is -0.409. The first kappa shape index (κ1) is 18.0. The molecule has 26 heavy (non-hydrogen) atoms. The molecule has 0 bridgehead atoms. The molecule has 1 N–H and O–H groups in total. The standard InChI is InChI=1S/C19H19NO5S/c1-23-13-5-6-14-12(11-25-16(14)9-13)8-18(21)20-15(10-19(22)24-2)17-4-3-7-26-17/h3-7,9,11,15H,8,10H2,1-2H3,(H,20,21). The summed E-state index contributed by atoms with van der Waals surface area (Å²) in [6, 6.07) is 8.83. The number of thiophene rings is 1. The van der Waals surface area contributed by atoms with Crippen LogP contribution < -0.4 is 10.1 Å². The lowest BCUT2D eigenvalue weighted by Crippen LogP contribution is -2.31. The molecule has 0 radical (unpaired) electrons. The number of fused-ring (bicyclic) bond motifs is 1. The number of methoxy groups -OCH3 is 2. The normalized spacial score (nSPS) is 11.9. The second-order valence-electron chi connectivity index (χ2n) is 5.72. The Morgan fingerprint density at radius 1 is 1.27 bits per heavy atom. The number of nitrogens with one attached hydrogen (secondary N) is 1. The summed E-state index contributed by atoms with van der Waals surface area (Å²) in [4.78, 5) is 25.1. The number of ether oxygens (including phenoxy) is 2. The third-order valence-electron chi connectivity index (χ3n) is 4.03. The maximum atomic E-state index is 12.5. The summed E-state index contributed by atoms with van der Waals surface area (Å²) in [6.45, 7) is 0. The number of furan rings is 1. The van der Waals surface area contributed by atoms with Crippen molar-refractivity contribution < 1.29 is 23.5 Å². The molecule has 0 aliphatic heterocycles. The third-order valence-corrected chi connectivity index (χ3v) is 5.02. The predicted molar refractivity (Wildman–Crippen MR) is 98.3 cm³/mol. The molecule has 6 nitrogen and oxygen atoms in total. The first-order valence-corrected chi connectivity index (χ1v) is 8.92. The summed E-state index contributed by atoms with van der Waals surface area (Å²) in [5.74, 6) is 0.133. The van der Waals surface area contributed by atoms with Gasteiger partial charge in [0.05, 0.1) is 39.4 Å². The van der Waals surface area contributed by atoms with E-state index in [0.29, 0.717) is 11.3 Å². The van der Waals surface area contributed by atoms with E-state index in [1.54, 1.807) is 19.4 Å². The average molecular weight is 373 g/mol. The van der Waals surface area contributed by atoms with Crippen molar-refractivity contribution in [2.75, 3.05) is 14.2 Å². The van der Waals surface area contributed by atoms with Gasteiger partial charge in [-0.2, -0.15) is 0 Å². The molecule has 0 spiro atoms. The van der Waals surface area contributed by atoms with Crippen LogP contribution in [0, 0.1) is 0 Å². The van der Waals surface area contributed by atoms with Gasteiger partial charge < -0.3 is 19.2 Å². The number of carbonyl (C=O) groups excluding carboxylic acids is 2. The van der Waals surface area contributed by atoms with Crippen LogP contribution in [0.3, 0.4) is 0 Å². The summed E-state index contributed by atoms with van der Waals surface area (Å²) >= 11 is 1.49. The van der Waals surface area contributed by atoms with Crippen molar-refractivity contribution in [2.45, 2.75) is 18.9 Å². The van der Waals surface area contributed by atoms with E-state index in [4.69, 9.17) is 13.9 Å². The molecular weight excluding hydrogens is 354 g/mol. The molecular formula is C19H19NO5S. The zero-order valence-electron chi connectivity index (χ0n) is 14.5. The molecule has 7 heteroatoms. The summed E-state index contributed by atoms with van der Waals surface area (Å²) in [6.07, 6.45) is 1.82. The number of rotatable bonds is 7. The van der Waals surface area contributed by atoms with E-state index in [0.717, 1.165) is 15.8 Å². The minimum absolute atomic E-state index is 0.0894. The molecule has 0 saturated heterocycles. The fourth-order valence-corrected chi connectivity index (χ4v) is 3.49. The Morgan fingerprint density at radius 3 is 2.81 bits per heavy atom.